The fourth-order valence-electron chi connectivity index (χ4n) is 3.57. The number of hydrogen-bond donors (Lipinski definition) is 0. The van der Waals surface area contributed by atoms with E-state index in [2.05, 4.69) is 0 Å². The molecule has 0 unspecified atom stereocenters. The van der Waals surface area contributed by atoms with Crippen LogP contribution in [0.5, 0.6) is 0 Å². The smallest absolute Gasteiger partial charge is 0.268 e. The van der Waals surface area contributed by atoms with E-state index in [1.54, 1.807) is 12.1 Å². The summed E-state index contributed by atoms with van der Waals surface area (Å²) in [5.41, 5.74) is 3.11. The van der Waals surface area contributed by atoms with Gasteiger partial charge >= 0.3 is 0 Å². The molecule has 4 rings (SSSR count). The van der Waals surface area contributed by atoms with E-state index >= 15 is 0 Å². The molecule has 0 aliphatic heterocycles. The van der Waals surface area contributed by atoms with E-state index in [1.165, 1.54) is 24.4 Å². The normalized spacial score (nSPS) is 13.6. The molecule has 3 aromatic rings. The third kappa shape index (κ3) is 2.99. The molecule has 1 aliphatic carbocycles. The first kappa shape index (κ1) is 17.9. The summed E-state index contributed by atoms with van der Waals surface area (Å²) in [6, 6.07) is 10.1. The molecule has 0 radical (unpaired) electrons. The van der Waals surface area contributed by atoms with Gasteiger partial charge in [0.15, 0.2) is 6.29 Å². The highest BCUT2D eigenvalue weighted by atomic mass is 35.5. The molecular weight excluding hydrogens is 389 g/mol. The van der Waals surface area contributed by atoms with E-state index in [-0.39, 0.29) is 4.90 Å². The minimum atomic E-state index is -4.08. The molecule has 0 saturated carbocycles. The fraction of sp³-hybridized carbons (Fsp3) is 0.150. The first-order chi connectivity index (χ1) is 12.9. The molecule has 1 aromatic heterocycles. The van der Waals surface area contributed by atoms with Gasteiger partial charge in [-0.1, -0.05) is 23.7 Å². The number of carbonyl (C=O) groups excluding carboxylic acids is 1. The molecule has 7 heteroatoms. The first-order valence-corrected chi connectivity index (χ1v) is 10.2. The van der Waals surface area contributed by atoms with Gasteiger partial charge < -0.3 is 0 Å². The van der Waals surface area contributed by atoms with Crippen LogP contribution in [0.3, 0.4) is 0 Å². The number of halogens is 2. The highest BCUT2D eigenvalue weighted by Crippen LogP contribution is 2.38. The lowest BCUT2D eigenvalue weighted by molar-refractivity contribution is 0.112. The minimum absolute atomic E-state index is 0.169. The number of nitrogens with zero attached hydrogens (tertiary/aromatic N) is 1. The highest BCUT2D eigenvalue weighted by molar-refractivity contribution is 7.90. The Morgan fingerprint density at radius 2 is 1.93 bits per heavy atom. The zero-order chi connectivity index (χ0) is 19.2. The van der Waals surface area contributed by atoms with Crippen molar-refractivity contribution in [1.29, 1.82) is 0 Å². The summed E-state index contributed by atoms with van der Waals surface area (Å²) in [6.07, 6.45) is 4.05. The van der Waals surface area contributed by atoms with Gasteiger partial charge in [0.25, 0.3) is 10.0 Å². The van der Waals surface area contributed by atoms with Crippen molar-refractivity contribution in [3.63, 3.8) is 0 Å². The van der Waals surface area contributed by atoms with Gasteiger partial charge in [-0.3, -0.25) is 4.79 Å². The van der Waals surface area contributed by atoms with Crippen molar-refractivity contribution in [2.24, 2.45) is 0 Å². The second kappa shape index (κ2) is 6.62. The Bertz CT molecular complexity index is 1170. The van der Waals surface area contributed by atoms with Gasteiger partial charge in [-0.2, -0.15) is 0 Å². The number of aldehydes is 1. The number of fused-ring (bicyclic) bond motifs is 3. The van der Waals surface area contributed by atoms with Gasteiger partial charge in [0.1, 0.15) is 5.82 Å². The van der Waals surface area contributed by atoms with Crippen molar-refractivity contribution in [2.75, 3.05) is 0 Å². The van der Waals surface area contributed by atoms with Gasteiger partial charge in [0, 0.05) is 22.3 Å². The molecule has 4 nitrogen and oxygen atoms in total. The summed E-state index contributed by atoms with van der Waals surface area (Å²) in [5, 5.41) is 0.568. The number of rotatable bonds is 3. The van der Waals surface area contributed by atoms with Crippen molar-refractivity contribution in [3.05, 3.63) is 76.2 Å². The van der Waals surface area contributed by atoms with E-state index < -0.39 is 15.8 Å². The molecule has 0 atom stereocenters. The van der Waals surface area contributed by atoms with E-state index in [9.17, 15) is 17.6 Å². The number of benzene rings is 2. The second-order valence-electron chi connectivity index (χ2n) is 6.44. The van der Waals surface area contributed by atoms with Gasteiger partial charge in [0.05, 0.1) is 10.6 Å². The summed E-state index contributed by atoms with van der Waals surface area (Å²) in [7, 11) is -4.08. The molecule has 0 spiro atoms. The molecule has 27 heavy (non-hydrogen) atoms. The third-order valence-corrected chi connectivity index (χ3v) is 6.68. The van der Waals surface area contributed by atoms with Crippen molar-refractivity contribution in [3.8, 4) is 11.3 Å². The predicted octanol–water partition coefficient (Wildman–Crippen LogP) is 4.49. The maximum absolute atomic E-state index is 13.6. The number of aromatic nitrogens is 1. The molecule has 0 saturated heterocycles. The van der Waals surface area contributed by atoms with Crippen LogP contribution >= 0.6 is 11.6 Å². The minimum Gasteiger partial charge on any atom is -0.298 e. The lowest BCUT2D eigenvalue weighted by Gasteiger charge is -2.14. The zero-order valence-electron chi connectivity index (χ0n) is 14.2. The largest absolute Gasteiger partial charge is 0.298 e. The van der Waals surface area contributed by atoms with Crippen LogP contribution in [0.25, 0.3) is 11.3 Å². The summed E-state index contributed by atoms with van der Waals surface area (Å²) in [5.74, 6) is -0.642. The van der Waals surface area contributed by atoms with Crippen molar-refractivity contribution >= 4 is 27.9 Å². The Balaban J connectivity index is 2.04. The molecule has 0 N–H and O–H groups in total. The van der Waals surface area contributed by atoms with Crippen molar-refractivity contribution in [1.82, 2.24) is 3.97 Å². The van der Waals surface area contributed by atoms with E-state index in [0.717, 1.165) is 34.0 Å². The number of aryl methyl sites for hydroxylation is 1. The van der Waals surface area contributed by atoms with Gasteiger partial charge in [-0.15, -0.1) is 0 Å². The molecule has 1 aliphatic rings. The quantitative estimate of drug-likeness (QED) is 0.605. The maximum atomic E-state index is 13.6. The molecule has 0 amide bonds. The van der Waals surface area contributed by atoms with E-state index in [4.69, 9.17) is 11.6 Å². The summed E-state index contributed by atoms with van der Waals surface area (Å²) in [4.78, 5) is 11.4. The van der Waals surface area contributed by atoms with Crippen LogP contribution in [0, 0.1) is 5.82 Å². The van der Waals surface area contributed by atoms with Gasteiger partial charge in [0.2, 0.25) is 0 Å². The molecule has 1 heterocycles. The van der Waals surface area contributed by atoms with Gasteiger partial charge in [-0.05, 0) is 60.7 Å². The Kier molecular flexibility index (Phi) is 4.40. The lowest BCUT2D eigenvalue weighted by Crippen LogP contribution is -2.14. The molecule has 0 fully saturated rings. The summed E-state index contributed by atoms with van der Waals surface area (Å²) >= 11 is 6.11. The highest BCUT2D eigenvalue weighted by Gasteiger charge is 2.28. The fourth-order valence-corrected chi connectivity index (χ4v) is 5.21. The first-order valence-electron chi connectivity index (χ1n) is 8.41. The Morgan fingerprint density at radius 1 is 1.11 bits per heavy atom. The summed E-state index contributed by atoms with van der Waals surface area (Å²) < 4.78 is 41.2. The van der Waals surface area contributed by atoms with Crippen LogP contribution in [0.4, 0.5) is 4.39 Å². The summed E-state index contributed by atoms with van der Waals surface area (Å²) in [6.45, 7) is 0. The van der Waals surface area contributed by atoms with E-state index in [1.807, 2.05) is 6.07 Å². The van der Waals surface area contributed by atoms with Crippen molar-refractivity contribution < 1.29 is 17.6 Å². The van der Waals surface area contributed by atoms with Crippen LogP contribution in [0.1, 0.15) is 27.9 Å². The standard InChI is InChI=1S/C20H15ClFNO3S/c21-15-7-8-19-13(9-15)3-1-6-18-14(12-24)11-23(20(18)19)27(25,26)17-5-2-4-16(22)10-17/h2,4-5,7-12H,1,3,6H2. The number of carbonyl (C=O) groups is 1. The third-order valence-electron chi connectivity index (χ3n) is 4.79. The van der Waals surface area contributed by atoms with Crippen LogP contribution in [0.2, 0.25) is 5.02 Å². The maximum Gasteiger partial charge on any atom is 0.268 e. The SMILES string of the molecule is O=Cc1cn(S(=O)(=O)c2cccc(F)c2)c2c1CCCc1cc(Cl)ccc1-2. The molecular formula is C20H15ClFNO3S. The second-order valence-corrected chi connectivity index (χ2v) is 8.69. The lowest BCUT2D eigenvalue weighted by atomic mass is 10.0. The molecule has 138 valence electrons. The van der Waals surface area contributed by atoms with Crippen LogP contribution in [-0.4, -0.2) is 18.7 Å². The molecule has 0 bridgehead atoms. The van der Waals surface area contributed by atoms with Crippen molar-refractivity contribution in [2.45, 2.75) is 24.2 Å². The average molecular weight is 404 g/mol. The Hall–Kier alpha value is -2.44. The average Bonchev–Trinajstić information content (AvgIpc) is 2.91. The van der Waals surface area contributed by atoms with Crippen LogP contribution in [-0.2, 0) is 22.9 Å². The van der Waals surface area contributed by atoms with Gasteiger partial charge in [-0.25, -0.2) is 16.8 Å². The molecule has 2 aromatic carbocycles. The Labute approximate surface area is 161 Å². The van der Waals surface area contributed by atoms with Crippen LogP contribution in [0.15, 0.2) is 53.6 Å². The zero-order valence-corrected chi connectivity index (χ0v) is 15.7. The van der Waals surface area contributed by atoms with E-state index in [0.29, 0.717) is 34.6 Å². The predicted molar refractivity (Wildman–Crippen MR) is 101 cm³/mol. The Morgan fingerprint density at radius 3 is 2.67 bits per heavy atom. The van der Waals surface area contributed by atoms with Crippen LogP contribution < -0.4 is 0 Å². The monoisotopic (exact) mass is 403 g/mol. The number of hydrogen-bond acceptors (Lipinski definition) is 3. The topological polar surface area (TPSA) is 56.1 Å².